The average molecular weight is 577 g/mol. The van der Waals surface area contributed by atoms with Gasteiger partial charge in [-0.1, -0.05) is 18.2 Å². The number of carbonyl (C=O) groups excluding carboxylic acids is 1. The van der Waals surface area contributed by atoms with E-state index in [2.05, 4.69) is 16.3 Å². The van der Waals surface area contributed by atoms with Gasteiger partial charge in [-0.2, -0.15) is 13.2 Å². The second kappa shape index (κ2) is 13.2. The fourth-order valence-corrected chi connectivity index (χ4v) is 5.14. The second-order valence-electron chi connectivity index (χ2n) is 10.2. The number of hydrogen-bond donors (Lipinski definition) is 2. The van der Waals surface area contributed by atoms with Gasteiger partial charge in [-0.05, 0) is 50.9 Å². The van der Waals surface area contributed by atoms with Crippen molar-refractivity contribution in [3.8, 4) is 11.5 Å². The van der Waals surface area contributed by atoms with Crippen molar-refractivity contribution in [2.75, 3.05) is 52.3 Å². The molecule has 2 fully saturated rings. The first-order valence-electron chi connectivity index (χ1n) is 13.6. The molecule has 2 aromatic carbocycles. The van der Waals surface area contributed by atoms with E-state index in [9.17, 15) is 18.0 Å². The minimum atomic E-state index is -5.08. The maximum Gasteiger partial charge on any atom is 0.490 e. The molecule has 12 heteroatoms. The average Bonchev–Trinajstić information content (AvgIpc) is 3.46. The summed E-state index contributed by atoms with van der Waals surface area (Å²) >= 11 is 0. The maximum absolute atomic E-state index is 12.0. The molecular weight excluding hydrogens is 541 g/mol. The lowest BCUT2D eigenvalue weighted by molar-refractivity contribution is -0.192. The molecule has 9 nitrogen and oxygen atoms in total. The van der Waals surface area contributed by atoms with Crippen LogP contribution < -0.4 is 14.8 Å². The maximum atomic E-state index is 12.0. The standard InChI is InChI=1S/C27H34N4O3.C2HF3O2/c1-30-18-19(10-11-26(30)32)28-27-20-8-3-4-9-22(20)29-23-17-25(24(33-2)16-21(23)27)34-15-7-14-31-12-5-6-13-31;3-2(4,5)1(6)7/h3-4,8-9,16-17,19H,5-7,10-15,18H2,1-2H3,(H,28,29);(H,6,7). The molecule has 2 aliphatic heterocycles. The fourth-order valence-electron chi connectivity index (χ4n) is 5.14. The first-order chi connectivity index (χ1) is 19.6. The van der Waals surface area contributed by atoms with E-state index in [1.54, 1.807) is 12.0 Å². The number of carboxylic acid groups (broad SMARTS) is 1. The highest BCUT2D eigenvalue weighted by Gasteiger charge is 2.38. The molecule has 2 N–H and O–H groups in total. The van der Waals surface area contributed by atoms with Crippen molar-refractivity contribution in [3.05, 3.63) is 36.4 Å². The molecule has 0 aliphatic carbocycles. The van der Waals surface area contributed by atoms with Crippen LogP contribution in [-0.2, 0) is 9.59 Å². The molecule has 1 aromatic heterocycles. The Morgan fingerprint density at radius 1 is 1.12 bits per heavy atom. The van der Waals surface area contributed by atoms with Crippen LogP contribution in [0.25, 0.3) is 21.8 Å². The molecule has 41 heavy (non-hydrogen) atoms. The van der Waals surface area contributed by atoms with Gasteiger partial charge in [0.2, 0.25) is 5.91 Å². The smallest absolute Gasteiger partial charge is 0.490 e. The van der Waals surface area contributed by atoms with Crippen LogP contribution in [0.5, 0.6) is 11.5 Å². The predicted molar refractivity (Wildman–Crippen MR) is 150 cm³/mol. The Hall–Kier alpha value is -3.80. The molecule has 2 saturated heterocycles. The molecule has 0 bridgehead atoms. The number of aliphatic carboxylic acids is 1. The van der Waals surface area contributed by atoms with Gasteiger partial charge in [0.05, 0.1) is 30.4 Å². The Bertz CT molecular complexity index is 1380. The number of rotatable bonds is 8. The van der Waals surface area contributed by atoms with E-state index < -0.39 is 12.1 Å². The van der Waals surface area contributed by atoms with Gasteiger partial charge in [0.25, 0.3) is 0 Å². The number of pyridine rings is 1. The van der Waals surface area contributed by atoms with Crippen LogP contribution in [0.15, 0.2) is 36.4 Å². The quantitative estimate of drug-likeness (QED) is 0.288. The fraction of sp³-hybridized carbons (Fsp3) is 0.483. The number of benzene rings is 2. The van der Waals surface area contributed by atoms with Gasteiger partial charge in [-0.15, -0.1) is 0 Å². The summed E-state index contributed by atoms with van der Waals surface area (Å²) in [5, 5.41) is 12.9. The van der Waals surface area contributed by atoms with Gasteiger partial charge in [0, 0.05) is 49.4 Å². The molecule has 222 valence electrons. The van der Waals surface area contributed by atoms with Crippen molar-refractivity contribution < 1.29 is 37.3 Å². The number of anilines is 1. The van der Waals surface area contributed by atoms with Gasteiger partial charge < -0.3 is 29.7 Å². The number of para-hydroxylation sites is 1. The third-order valence-corrected chi connectivity index (χ3v) is 7.26. The van der Waals surface area contributed by atoms with Crippen LogP contribution in [0.1, 0.15) is 32.1 Å². The lowest BCUT2D eigenvalue weighted by Crippen LogP contribution is -2.43. The van der Waals surface area contributed by atoms with Crippen molar-refractivity contribution in [3.63, 3.8) is 0 Å². The number of nitrogens with one attached hydrogen (secondary N) is 1. The zero-order chi connectivity index (χ0) is 29.6. The summed E-state index contributed by atoms with van der Waals surface area (Å²) in [7, 11) is 3.55. The Balaban J connectivity index is 0.000000493. The number of methoxy groups -OCH3 is 1. The van der Waals surface area contributed by atoms with E-state index in [1.165, 1.54) is 25.9 Å². The monoisotopic (exact) mass is 576 g/mol. The van der Waals surface area contributed by atoms with Crippen molar-refractivity contribution >= 4 is 39.4 Å². The Kier molecular flexibility index (Phi) is 9.74. The lowest BCUT2D eigenvalue weighted by Gasteiger charge is -2.31. The second-order valence-corrected chi connectivity index (χ2v) is 10.2. The largest absolute Gasteiger partial charge is 0.493 e. The third-order valence-electron chi connectivity index (χ3n) is 7.26. The highest BCUT2D eigenvalue weighted by molar-refractivity contribution is 6.08. The van der Waals surface area contributed by atoms with Crippen molar-refractivity contribution in [1.29, 1.82) is 0 Å². The lowest BCUT2D eigenvalue weighted by atomic mass is 10.0. The Morgan fingerprint density at radius 2 is 1.83 bits per heavy atom. The summed E-state index contributed by atoms with van der Waals surface area (Å²) < 4.78 is 43.6. The number of ether oxygens (including phenoxy) is 2. The van der Waals surface area contributed by atoms with Gasteiger partial charge in [0.15, 0.2) is 11.5 Å². The highest BCUT2D eigenvalue weighted by atomic mass is 19.4. The van der Waals surface area contributed by atoms with E-state index in [0.717, 1.165) is 52.6 Å². The molecule has 3 heterocycles. The molecule has 5 rings (SSSR count). The molecule has 0 spiro atoms. The number of carboxylic acids is 1. The van der Waals surface area contributed by atoms with Crippen LogP contribution in [0.4, 0.5) is 18.9 Å². The van der Waals surface area contributed by atoms with Crippen LogP contribution >= 0.6 is 0 Å². The Morgan fingerprint density at radius 3 is 2.49 bits per heavy atom. The van der Waals surface area contributed by atoms with E-state index in [0.29, 0.717) is 25.3 Å². The van der Waals surface area contributed by atoms with Crippen molar-refractivity contribution in [1.82, 2.24) is 14.8 Å². The number of alkyl halides is 3. The van der Waals surface area contributed by atoms with E-state index >= 15 is 0 Å². The summed E-state index contributed by atoms with van der Waals surface area (Å²) in [6, 6.07) is 12.4. The van der Waals surface area contributed by atoms with Gasteiger partial charge >= 0.3 is 12.1 Å². The molecule has 1 amide bonds. The molecule has 0 saturated carbocycles. The summed E-state index contributed by atoms with van der Waals surface area (Å²) in [5.41, 5.74) is 2.84. The molecule has 3 aromatic rings. The van der Waals surface area contributed by atoms with Crippen molar-refractivity contribution in [2.45, 2.75) is 44.3 Å². The van der Waals surface area contributed by atoms with Crippen molar-refractivity contribution in [2.24, 2.45) is 0 Å². The number of carbonyl (C=O) groups is 2. The summed E-state index contributed by atoms with van der Waals surface area (Å²) in [4.78, 5) is 30.1. The van der Waals surface area contributed by atoms with Crippen LogP contribution in [0.2, 0.25) is 0 Å². The van der Waals surface area contributed by atoms with E-state index in [1.807, 2.05) is 37.4 Å². The number of fused-ring (bicyclic) bond motifs is 2. The normalized spacial score (nSPS) is 17.8. The minimum Gasteiger partial charge on any atom is -0.493 e. The zero-order valence-corrected chi connectivity index (χ0v) is 23.2. The zero-order valence-electron chi connectivity index (χ0n) is 23.2. The topological polar surface area (TPSA) is 104 Å². The van der Waals surface area contributed by atoms with E-state index in [-0.39, 0.29) is 11.9 Å². The number of piperidine rings is 1. The molecular formula is C29H35F3N4O5. The number of likely N-dealkylation sites (N-methyl/N-ethyl adjacent to an activating group) is 1. The van der Waals surface area contributed by atoms with E-state index in [4.69, 9.17) is 24.4 Å². The van der Waals surface area contributed by atoms with Gasteiger partial charge in [-0.3, -0.25) is 4.79 Å². The number of aromatic nitrogens is 1. The number of nitrogens with zero attached hydrogens (tertiary/aromatic N) is 3. The van der Waals surface area contributed by atoms with Crippen LogP contribution in [0, 0.1) is 0 Å². The SMILES string of the molecule is COc1cc2c(NC3CCC(=O)N(C)C3)c3ccccc3nc2cc1OCCCN1CCCC1.O=C(O)C(F)(F)F. The third kappa shape index (κ3) is 7.69. The molecule has 1 atom stereocenters. The molecule has 1 unspecified atom stereocenters. The van der Waals surface area contributed by atoms with Gasteiger partial charge in [-0.25, -0.2) is 9.78 Å². The first-order valence-corrected chi connectivity index (χ1v) is 13.6. The predicted octanol–water partition coefficient (Wildman–Crippen LogP) is 4.93. The Labute approximate surface area is 236 Å². The number of halogens is 3. The number of hydrogen-bond acceptors (Lipinski definition) is 7. The summed E-state index contributed by atoms with van der Waals surface area (Å²) in [6.07, 6.45) is -0.0941. The van der Waals surface area contributed by atoms with Crippen LogP contribution in [0.3, 0.4) is 0 Å². The first kappa shape index (κ1) is 30.2. The van der Waals surface area contributed by atoms with Crippen LogP contribution in [-0.4, -0.2) is 90.9 Å². The molecule has 2 aliphatic rings. The molecule has 0 radical (unpaired) electrons. The van der Waals surface area contributed by atoms with Gasteiger partial charge in [0.1, 0.15) is 0 Å². The summed E-state index contributed by atoms with van der Waals surface area (Å²) in [5.74, 6) is -1.11. The number of amides is 1. The highest BCUT2D eigenvalue weighted by Crippen LogP contribution is 2.39. The summed E-state index contributed by atoms with van der Waals surface area (Å²) in [6.45, 7) is 4.82. The minimum absolute atomic E-state index is 0.184. The number of likely N-dealkylation sites (tertiary alicyclic amines) is 2.